The van der Waals surface area contributed by atoms with Gasteiger partial charge in [0.1, 0.15) is 6.04 Å². The molecule has 0 aliphatic heterocycles. The van der Waals surface area contributed by atoms with Crippen molar-refractivity contribution in [2.24, 2.45) is 12.8 Å². The number of nitrogens with two attached hydrogens (primary N) is 1. The topological polar surface area (TPSA) is 72.9 Å². The number of aromatic nitrogens is 2. The van der Waals surface area contributed by atoms with Gasteiger partial charge in [0.25, 0.3) is 0 Å². The first-order valence-corrected chi connectivity index (χ1v) is 7.28. The number of fused-ring (bicyclic) bond motifs is 1. The summed E-state index contributed by atoms with van der Waals surface area (Å²) in [6.07, 6.45) is 4.86. The summed E-state index contributed by atoms with van der Waals surface area (Å²) >= 11 is 0. The number of nitrogens with one attached hydrogen (secondary N) is 1. The molecule has 0 fully saturated rings. The number of benzene rings is 1. The third-order valence-corrected chi connectivity index (χ3v) is 4.13. The van der Waals surface area contributed by atoms with Crippen LogP contribution < -0.4 is 11.1 Å². The Morgan fingerprint density at radius 1 is 1.41 bits per heavy atom. The highest BCUT2D eigenvalue weighted by Crippen LogP contribution is 2.29. The molecule has 1 amide bonds. The second-order valence-corrected chi connectivity index (χ2v) is 5.51. The van der Waals surface area contributed by atoms with Crippen molar-refractivity contribution in [1.82, 2.24) is 15.1 Å². The monoisotopic (exact) mass is 320 g/mol. The molecular weight excluding hydrogens is 300 g/mol. The number of nitrogens with zero attached hydrogens (tertiary/aromatic N) is 2. The number of aryl methyl sites for hydroxylation is 1. The Morgan fingerprint density at radius 3 is 2.86 bits per heavy atom. The average Bonchev–Trinajstić information content (AvgIpc) is 2.90. The van der Waals surface area contributed by atoms with E-state index < -0.39 is 6.04 Å². The Balaban J connectivity index is 0.00000176. The van der Waals surface area contributed by atoms with E-state index in [1.807, 2.05) is 48.3 Å². The maximum Gasteiger partial charge on any atom is 0.241 e. The summed E-state index contributed by atoms with van der Waals surface area (Å²) in [4.78, 5) is 12.4. The van der Waals surface area contributed by atoms with Crippen molar-refractivity contribution in [2.75, 3.05) is 0 Å². The van der Waals surface area contributed by atoms with E-state index in [1.54, 1.807) is 0 Å². The molecule has 3 rings (SSSR count). The zero-order valence-corrected chi connectivity index (χ0v) is 13.3. The van der Waals surface area contributed by atoms with E-state index in [1.165, 1.54) is 5.69 Å². The van der Waals surface area contributed by atoms with Crippen molar-refractivity contribution < 1.29 is 4.79 Å². The summed E-state index contributed by atoms with van der Waals surface area (Å²) in [6.45, 7) is 0. The minimum absolute atomic E-state index is 0. The Kier molecular flexibility index (Phi) is 5.21. The van der Waals surface area contributed by atoms with Crippen molar-refractivity contribution in [3.63, 3.8) is 0 Å². The minimum atomic E-state index is -0.631. The number of hydrogen-bond donors (Lipinski definition) is 2. The predicted molar refractivity (Wildman–Crippen MR) is 87.6 cm³/mol. The molecule has 0 saturated carbocycles. The minimum Gasteiger partial charge on any atom is -0.348 e. The van der Waals surface area contributed by atoms with Crippen LogP contribution in [0.4, 0.5) is 0 Å². The molecule has 2 atom stereocenters. The van der Waals surface area contributed by atoms with E-state index in [0.717, 1.165) is 30.4 Å². The number of amides is 1. The van der Waals surface area contributed by atoms with Gasteiger partial charge in [0.2, 0.25) is 5.91 Å². The van der Waals surface area contributed by atoms with Gasteiger partial charge < -0.3 is 11.1 Å². The van der Waals surface area contributed by atoms with Crippen LogP contribution in [0, 0.1) is 0 Å². The number of carbonyl (C=O) groups is 1. The van der Waals surface area contributed by atoms with Gasteiger partial charge in [-0.05, 0) is 24.8 Å². The average molecular weight is 321 g/mol. The highest BCUT2D eigenvalue weighted by atomic mass is 35.5. The molecule has 1 aromatic heterocycles. The van der Waals surface area contributed by atoms with E-state index >= 15 is 0 Å². The maximum atomic E-state index is 12.4. The van der Waals surface area contributed by atoms with Gasteiger partial charge in [0, 0.05) is 18.3 Å². The molecule has 1 aromatic carbocycles. The van der Waals surface area contributed by atoms with E-state index in [0.29, 0.717) is 0 Å². The van der Waals surface area contributed by atoms with Gasteiger partial charge in [-0.3, -0.25) is 9.48 Å². The second-order valence-electron chi connectivity index (χ2n) is 5.51. The highest BCUT2D eigenvalue weighted by molar-refractivity contribution is 5.85. The van der Waals surface area contributed by atoms with Gasteiger partial charge in [-0.25, -0.2) is 0 Å². The summed E-state index contributed by atoms with van der Waals surface area (Å²) in [7, 11) is 1.94. The van der Waals surface area contributed by atoms with Crippen LogP contribution in [0.15, 0.2) is 36.5 Å². The van der Waals surface area contributed by atoms with Crippen LogP contribution in [0.2, 0.25) is 0 Å². The Bertz CT molecular complexity index is 641. The zero-order chi connectivity index (χ0) is 14.8. The lowest BCUT2D eigenvalue weighted by Gasteiger charge is -2.25. The fraction of sp³-hybridized carbons (Fsp3) is 0.375. The maximum absolute atomic E-state index is 12.4. The van der Waals surface area contributed by atoms with Crippen LogP contribution >= 0.6 is 12.4 Å². The summed E-state index contributed by atoms with van der Waals surface area (Å²) in [6, 6.07) is 8.83. The van der Waals surface area contributed by atoms with E-state index in [2.05, 4.69) is 10.4 Å². The molecule has 0 spiro atoms. The van der Waals surface area contributed by atoms with Crippen molar-refractivity contribution in [2.45, 2.75) is 31.3 Å². The highest BCUT2D eigenvalue weighted by Gasteiger charge is 2.26. The normalized spacial score (nSPS) is 18.0. The largest absolute Gasteiger partial charge is 0.348 e. The van der Waals surface area contributed by atoms with Crippen LogP contribution in [0.3, 0.4) is 0 Å². The number of hydrogen-bond acceptors (Lipinski definition) is 3. The molecule has 1 aliphatic carbocycles. The first-order valence-electron chi connectivity index (χ1n) is 7.28. The lowest BCUT2D eigenvalue weighted by atomic mass is 9.92. The van der Waals surface area contributed by atoms with Gasteiger partial charge in [0.15, 0.2) is 0 Å². The van der Waals surface area contributed by atoms with Crippen molar-refractivity contribution >= 4 is 18.3 Å². The van der Waals surface area contributed by atoms with Gasteiger partial charge >= 0.3 is 0 Å². The molecule has 2 unspecified atom stereocenters. The third kappa shape index (κ3) is 3.15. The van der Waals surface area contributed by atoms with Crippen molar-refractivity contribution in [3.8, 4) is 0 Å². The fourth-order valence-electron chi connectivity index (χ4n) is 2.93. The number of carbonyl (C=O) groups excluding carboxylic acids is 1. The van der Waals surface area contributed by atoms with Gasteiger partial charge in [-0.15, -0.1) is 12.4 Å². The standard InChI is InChI=1S/C16H20N4O.ClH/c1-20-14-9-5-8-13(12(14)10-18-20)19-16(21)15(17)11-6-3-2-4-7-11;/h2-4,6-7,10,13,15H,5,8-9,17H2,1H3,(H,19,21);1H. The van der Waals surface area contributed by atoms with Gasteiger partial charge in [-0.1, -0.05) is 30.3 Å². The summed E-state index contributed by atoms with van der Waals surface area (Å²) in [5, 5.41) is 7.36. The molecule has 0 saturated heterocycles. The van der Waals surface area contributed by atoms with E-state index in [-0.39, 0.29) is 24.4 Å². The third-order valence-electron chi connectivity index (χ3n) is 4.13. The second kappa shape index (κ2) is 6.94. The molecule has 0 radical (unpaired) electrons. The smallest absolute Gasteiger partial charge is 0.241 e. The van der Waals surface area contributed by atoms with Crippen molar-refractivity contribution in [3.05, 3.63) is 53.3 Å². The molecule has 1 aliphatic rings. The molecule has 3 N–H and O–H groups in total. The van der Waals surface area contributed by atoms with Gasteiger partial charge in [-0.2, -0.15) is 5.10 Å². The van der Waals surface area contributed by atoms with Crippen molar-refractivity contribution in [1.29, 1.82) is 0 Å². The molecule has 0 bridgehead atoms. The van der Waals surface area contributed by atoms with Crippen LogP contribution in [0.25, 0.3) is 0 Å². The lowest BCUT2D eigenvalue weighted by molar-refractivity contribution is -0.123. The molecule has 1 heterocycles. The van der Waals surface area contributed by atoms with Crippen LogP contribution in [0.1, 0.15) is 41.7 Å². The van der Waals surface area contributed by atoms with Crippen LogP contribution in [-0.4, -0.2) is 15.7 Å². The summed E-state index contributed by atoms with van der Waals surface area (Å²) in [5.74, 6) is -0.136. The summed E-state index contributed by atoms with van der Waals surface area (Å²) in [5.41, 5.74) is 9.21. The Labute approximate surface area is 136 Å². The molecule has 2 aromatic rings. The molecule has 118 valence electrons. The Morgan fingerprint density at radius 2 is 2.14 bits per heavy atom. The lowest BCUT2D eigenvalue weighted by Crippen LogP contribution is -2.37. The quantitative estimate of drug-likeness (QED) is 0.909. The summed E-state index contributed by atoms with van der Waals surface area (Å²) < 4.78 is 1.89. The number of rotatable bonds is 3. The predicted octanol–water partition coefficient (Wildman–Crippen LogP) is 2.04. The van der Waals surface area contributed by atoms with Crippen LogP contribution in [-0.2, 0) is 18.3 Å². The SMILES string of the molecule is Cl.Cn1ncc2c1CCCC2NC(=O)C(N)c1ccccc1. The first-order chi connectivity index (χ1) is 10.2. The number of halogens is 1. The molecule has 22 heavy (non-hydrogen) atoms. The van der Waals surface area contributed by atoms with E-state index in [4.69, 9.17) is 5.73 Å². The zero-order valence-electron chi connectivity index (χ0n) is 12.5. The van der Waals surface area contributed by atoms with Crippen LogP contribution in [0.5, 0.6) is 0 Å². The molecule has 5 nitrogen and oxygen atoms in total. The van der Waals surface area contributed by atoms with E-state index in [9.17, 15) is 4.79 Å². The first kappa shape index (κ1) is 16.5. The van der Waals surface area contributed by atoms with Gasteiger partial charge in [0.05, 0.1) is 12.2 Å². The molecule has 6 heteroatoms. The Hall–Kier alpha value is -1.85. The fourth-order valence-corrected chi connectivity index (χ4v) is 2.93. The molecular formula is C16H21ClN4O.